The number of pyridine rings is 2. The molecular weight excluding hydrogens is 349 g/mol. The molecule has 1 aliphatic rings. The number of alkyl halides is 3. The van der Waals surface area contributed by atoms with E-state index in [4.69, 9.17) is 10.5 Å². The minimum Gasteiger partial charge on any atom is -0.481 e. The van der Waals surface area contributed by atoms with Gasteiger partial charge in [0.05, 0.1) is 24.2 Å². The first kappa shape index (κ1) is 18.8. The molecule has 26 heavy (non-hydrogen) atoms. The molecule has 2 aromatic rings. The summed E-state index contributed by atoms with van der Waals surface area (Å²) in [6.07, 6.45) is -3.73. The van der Waals surface area contributed by atoms with Gasteiger partial charge in [0, 0.05) is 37.0 Å². The average Bonchev–Trinajstić information content (AvgIpc) is 2.61. The topological polar surface area (TPSA) is 84.5 Å². The lowest BCUT2D eigenvalue weighted by Crippen LogP contribution is -2.54. The van der Waals surface area contributed by atoms with Crippen LogP contribution < -0.4 is 10.5 Å². The molecule has 3 N–H and O–H groups in total. The Hall–Kier alpha value is -1.97. The van der Waals surface area contributed by atoms with Crippen LogP contribution in [-0.2, 0) is 0 Å². The Balaban J connectivity index is 1.87. The van der Waals surface area contributed by atoms with Crippen molar-refractivity contribution in [3.05, 3.63) is 30.0 Å². The Morgan fingerprint density at radius 3 is 2.85 bits per heavy atom. The first-order valence-corrected chi connectivity index (χ1v) is 8.33. The van der Waals surface area contributed by atoms with Gasteiger partial charge in [0.15, 0.2) is 0 Å². The van der Waals surface area contributed by atoms with Crippen molar-refractivity contribution < 1.29 is 23.0 Å². The number of likely N-dealkylation sites (tertiary alicyclic amines) is 1. The van der Waals surface area contributed by atoms with Gasteiger partial charge < -0.3 is 15.6 Å². The summed E-state index contributed by atoms with van der Waals surface area (Å²) in [7, 11) is 1.46. The van der Waals surface area contributed by atoms with E-state index in [0.717, 1.165) is 0 Å². The molecule has 142 valence electrons. The maximum atomic E-state index is 13.4. The van der Waals surface area contributed by atoms with E-state index in [2.05, 4.69) is 9.97 Å². The number of fused-ring (bicyclic) bond motifs is 1. The van der Waals surface area contributed by atoms with Gasteiger partial charge in [-0.1, -0.05) is 0 Å². The van der Waals surface area contributed by atoms with Crippen molar-refractivity contribution in [3.63, 3.8) is 0 Å². The van der Waals surface area contributed by atoms with Gasteiger partial charge in [-0.15, -0.1) is 0 Å². The zero-order chi connectivity index (χ0) is 18.9. The summed E-state index contributed by atoms with van der Waals surface area (Å²) < 4.78 is 45.1. The van der Waals surface area contributed by atoms with Crippen molar-refractivity contribution >= 4 is 11.0 Å². The van der Waals surface area contributed by atoms with Crippen LogP contribution in [0, 0.1) is 0 Å². The molecule has 0 saturated carbocycles. The molecule has 3 atom stereocenters. The summed E-state index contributed by atoms with van der Waals surface area (Å²) in [6, 6.07) is 2.75. The first-order valence-electron chi connectivity index (χ1n) is 8.33. The second-order valence-corrected chi connectivity index (χ2v) is 6.47. The van der Waals surface area contributed by atoms with Gasteiger partial charge in [0.1, 0.15) is 6.04 Å². The first-order chi connectivity index (χ1) is 12.3. The number of halogens is 3. The highest BCUT2D eigenvalue weighted by molar-refractivity contribution is 5.78. The summed E-state index contributed by atoms with van der Waals surface area (Å²) in [6.45, 7) is 0.0249. The summed E-state index contributed by atoms with van der Waals surface area (Å²) in [5.41, 5.74) is 7.08. The van der Waals surface area contributed by atoms with Gasteiger partial charge in [-0.3, -0.25) is 9.88 Å². The van der Waals surface area contributed by atoms with E-state index < -0.39 is 24.4 Å². The molecule has 3 rings (SSSR count). The van der Waals surface area contributed by atoms with E-state index in [-0.39, 0.29) is 19.5 Å². The van der Waals surface area contributed by atoms with Gasteiger partial charge >= 0.3 is 6.18 Å². The lowest BCUT2D eigenvalue weighted by molar-refractivity contribution is -0.195. The quantitative estimate of drug-likeness (QED) is 0.857. The Labute approximate surface area is 148 Å². The van der Waals surface area contributed by atoms with Gasteiger partial charge in [-0.05, 0) is 25.0 Å². The molecule has 2 aromatic heterocycles. The van der Waals surface area contributed by atoms with Crippen LogP contribution in [0.5, 0.6) is 5.88 Å². The number of rotatable bonds is 4. The molecular formula is C17H21F3N4O2. The van der Waals surface area contributed by atoms with Crippen LogP contribution in [0.25, 0.3) is 11.0 Å². The highest BCUT2D eigenvalue weighted by Crippen LogP contribution is 2.33. The minimum absolute atomic E-state index is 0.158. The van der Waals surface area contributed by atoms with Crippen LogP contribution in [0.15, 0.2) is 24.4 Å². The Bertz CT molecular complexity index is 771. The zero-order valence-electron chi connectivity index (χ0n) is 14.3. The predicted octanol–water partition coefficient (Wildman–Crippen LogP) is 2.03. The number of β-amino-alcohol motifs (C(OH)–C–C–N with tert-alkyl or cyclic N) is 1. The van der Waals surface area contributed by atoms with Gasteiger partial charge in [0.25, 0.3) is 0 Å². The SMILES string of the molecule is COc1ccc2nccc([C@@H](O)CN3CC[C@@H](N)C[C@@H]3C(F)(F)F)c2n1. The van der Waals surface area contributed by atoms with Gasteiger partial charge in [0.2, 0.25) is 5.88 Å². The molecule has 3 heterocycles. The Kier molecular flexibility index (Phi) is 5.31. The fourth-order valence-corrected chi connectivity index (χ4v) is 3.33. The molecule has 0 unspecified atom stereocenters. The largest absolute Gasteiger partial charge is 0.481 e. The number of piperidine rings is 1. The molecule has 0 spiro atoms. The van der Waals surface area contributed by atoms with Crippen LogP contribution in [0.1, 0.15) is 24.5 Å². The van der Waals surface area contributed by atoms with E-state index in [1.807, 2.05) is 0 Å². The molecule has 1 saturated heterocycles. The molecule has 0 aliphatic carbocycles. The number of aliphatic hydroxyl groups is 1. The van der Waals surface area contributed by atoms with E-state index in [0.29, 0.717) is 28.9 Å². The van der Waals surface area contributed by atoms with E-state index in [1.54, 1.807) is 18.2 Å². The number of nitrogens with two attached hydrogens (primary N) is 1. The average molecular weight is 370 g/mol. The lowest BCUT2D eigenvalue weighted by atomic mass is 9.96. The molecule has 9 heteroatoms. The Morgan fingerprint density at radius 2 is 2.15 bits per heavy atom. The number of hydrogen-bond acceptors (Lipinski definition) is 6. The summed E-state index contributed by atoms with van der Waals surface area (Å²) in [5, 5.41) is 10.6. The van der Waals surface area contributed by atoms with Crippen molar-refractivity contribution in [1.82, 2.24) is 14.9 Å². The van der Waals surface area contributed by atoms with Crippen LogP contribution in [0.3, 0.4) is 0 Å². The summed E-state index contributed by atoms with van der Waals surface area (Å²) in [5.74, 6) is 0.344. The molecule has 0 aromatic carbocycles. The number of nitrogens with zero attached hydrogens (tertiary/aromatic N) is 3. The summed E-state index contributed by atoms with van der Waals surface area (Å²) >= 11 is 0. The third-order valence-corrected chi connectivity index (χ3v) is 4.70. The maximum absolute atomic E-state index is 13.4. The monoisotopic (exact) mass is 370 g/mol. The second-order valence-electron chi connectivity index (χ2n) is 6.47. The fraction of sp³-hybridized carbons (Fsp3) is 0.529. The molecule has 0 amide bonds. The van der Waals surface area contributed by atoms with Crippen molar-refractivity contribution in [2.75, 3.05) is 20.2 Å². The number of ether oxygens (including phenoxy) is 1. The smallest absolute Gasteiger partial charge is 0.404 e. The van der Waals surface area contributed by atoms with Crippen LogP contribution in [0.2, 0.25) is 0 Å². The van der Waals surface area contributed by atoms with Crippen molar-refractivity contribution in [1.29, 1.82) is 0 Å². The number of aromatic nitrogens is 2. The fourth-order valence-electron chi connectivity index (χ4n) is 3.33. The highest BCUT2D eigenvalue weighted by Gasteiger charge is 2.46. The standard InChI is InChI=1S/C17H21F3N4O2/c1-26-15-3-2-12-16(23-15)11(4-6-22-12)13(25)9-24-7-5-10(21)8-14(24)17(18,19)20/h2-4,6,10,13-14,25H,5,7-9,21H2,1H3/t10-,13+,14-/m1/s1. The van der Waals surface area contributed by atoms with E-state index >= 15 is 0 Å². The number of methoxy groups -OCH3 is 1. The van der Waals surface area contributed by atoms with E-state index in [9.17, 15) is 18.3 Å². The third-order valence-electron chi connectivity index (χ3n) is 4.70. The predicted molar refractivity (Wildman–Crippen MR) is 89.7 cm³/mol. The van der Waals surface area contributed by atoms with Crippen LogP contribution in [0.4, 0.5) is 13.2 Å². The third kappa shape index (κ3) is 3.89. The zero-order valence-corrected chi connectivity index (χ0v) is 14.3. The second kappa shape index (κ2) is 7.34. The molecule has 1 aliphatic heterocycles. The highest BCUT2D eigenvalue weighted by atomic mass is 19.4. The molecule has 6 nitrogen and oxygen atoms in total. The van der Waals surface area contributed by atoms with Gasteiger partial charge in [-0.2, -0.15) is 13.2 Å². The Morgan fingerprint density at radius 1 is 1.38 bits per heavy atom. The van der Waals surface area contributed by atoms with Crippen molar-refractivity contribution in [2.45, 2.75) is 37.2 Å². The van der Waals surface area contributed by atoms with Gasteiger partial charge in [-0.25, -0.2) is 4.98 Å². The van der Waals surface area contributed by atoms with E-state index in [1.165, 1.54) is 18.2 Å². The lowest BCUT2D eigenvalue weighted by Gasteiger charge is -2.40. The maximum Gasteiger partial charge on any atom is 0.404 e. The molecule has 1 fully saturated rings. The van der Waals surface area contributed by atoms with Crippen molar-refractivity contribution in [2.24, 2.45) is 5.73 Å². The number of hydrogen-bond donors (Lipinski definition) is 2. The summed E-state index contributed by atoms with van der Waals surface area (Å²) in [4.78, 5) is 9.70. The normalized spacial score (nSPS) is 23.2. The van der Waals surface area contributed by atoms with Crippen molar-refractivity contribution in [3.8, 4) is 5.88 Å². The van der Waals surface area contributed by atoms with Crippen LogP contribution in [-0.4, -0.2) is 58.4 Å². The van der Waals surface area contributed by atoms with Crippen LogP contribution >= 0.6 is 0 Å². The molecule has 0 bridgehead atoms. The number of aliphatic hydroxyl groups excluding tert-OH is 1. The minimum atomic E-state index is -4.39. The molecule has 0 radical (unpaired) electrons.